The van der Waals surface area contributed by atoms with E-state index in [1.807, 2.05) is 25.0 Å². The highest BCUT2D eigenvalue weighted by Gasteiger charge is 2.11. The van der Waals surface area contributed by atoms with Crippen LogP contribution < -0.4 is 0 Å². The molecule has 2 rings (SSSR count). The molecular formula is C13H15BrN4O2. The van der Waals surface area contributed by atoms with E-state index in [0.717, 1.165) is 28.8 Å². The summed E-state index contributed by atoms with van der Waals surface area (Å²) in [6.45, 7) is 1.69. The standard InChI is InChI=1S/C13H15BrN4O2/c1-16(2)7-8-17-9-12(14)13(15-17)10-3-5-11(6-4-10)18(19)20/h3-6,9H,7-8H2,1-2H3. The number of likely N-dealkylation sites (N-methyl/N-ethyl adjacent to an activating group) is 1. The quantitative estimate of drug-likeness (QED) is 0.621. The Labute approximate surface area is 125 Å². The van der Waals surface area contributed by atoms with Crippen LogP contribution in [-0.4, -0.2) is 40.2 Å². The Bertz CT molecular complexity index is 607. The predicted octanol–water partition coefficient (Wildman–Crippen LogP) is 2.78. The third-order valence-electron chi connectivity index (χ3n) is 2.84. The Balaban J connectivity index is 2.21. The summed E-state index contributed by atoms with van der Waals surface area (Å²) in [6.07, 6.45) is 1.92. The molecule has 2 aromatic rings. The number of benzene rings is 1. The van der Waals surface area contributed by atoms with E-state index in [1.165, 1.54) is 12.1 Å². The Morgan fingerprint density at radius 2 is 2.00 bits per heavy atom. The molecule has 1 heterocycles. The molecule has 0 spiro atoms. The molecule has 0 aliphatic heterocycles. The van der Waals surface area contributed by atoms with Crippen molar-refractivity contribution in [2.75, 3.05) is 20.6 Å². The SMILES string of the molecule is CN(C)CCn1cc(Br)c(-c2ccc([N+](=O)[O-])cc2)n1. The number of rotatable bonds is 5. The topological polar surface area (TPSA) is 64.2 Å². The summed E-state index contributed by atoms with van der Waals surface area (Å²) in [5.74, 6) is 0. The summed E-state index contributed by atoms with van der Waals surface area (Å²) in [5, 5.41) is 15.1. The molecule has 0 saturated heterocycles. The largest absolute Gasteiger partial charge is 0.308 e. The van der Waals surface area contributed by atoms with E-state index in [0.29, 0.717) is 0 Å². The zero-order valence-corrected chi connectivity index (χ0v) is 12.9. The van der Waals surface area contributed by atoms with Gasteiger partial charge in [-0.1, -0.05) is 0 Å². The van der Waals surface area contributed by atoms with Gasteiger partial charge in [-0.2, -0.15) is 5.10 Å². The molecule has 0 fully saturated rings. The van der Waals surface area contributed by atoms with Crippen molar-refractivity contribution in [3.63, 3.8) is 0 Å². The second-order valence-electron chi connectivity index (χ2n) is 4.70. The van der Waals surface area contributed by atoms with E-state index in [4.69, 9.17) is 0 Å². The highest BCUT2D eigenvalue weighted by atomic mass is 79.9. The summed E-state index contributed by atoms with van der Waals surface area (Å²) < 4.78 is 2.74. The van der Waals surface area contributed by atoms with Crippen LogP contribution >= 0.6 is 15.9 Å². The molecule has 0 unspecified atom stereocenters. The van der Waals surface area contributed by atoms with Crippen molar-refractivity contribution >= 4 is 21.6 Å². The van der Waals surface area contributed by atoms with Crippen LogP contribution in [0.1, 0.15) is 0 Å². The molecule has 0 amide bonds. The van der Waals surface area contributed by atoms with Gasteiger partial charge in [0.2, 0.25) is 0 Å². The Hall–Kier alpha value is -1.73. The molecule has 1 aromatic heterocycles. The maximum absolute atomic E-state index is 10.6. The number of hydrogen-bond donors (Lipinski definition) is 0. The van der Waals surface area contributed by atoms with Crippen LogP contribution in [0.5, 0.6) is 0 Å². The lowest BCUT2D eigenvalue weighted by Gasteiger charge is -2.08. The predicted molar refractivity (Wildman–Crippen MR) is 80.6 cm³/mol. The number of nitro benzene ring substituents is 1. The highest BCUT2D eigenvalue weighted by Crippen LogP contribution is 2.28. The van der Waals surface area contributed by atoms with Gasteiger partial charge in [0.05, 0.1) is 15.9 Å². The van der Waals surface area contributed by atoms with Crippen LogP contribution in [0.25, 0.3) is 11.3 Å². The normalized spacial score (nSPS) is 11.0. The van der Waals surface area contributed by atoms with Crippen molar-refractivity contribution in [2.45, 2.75) is 6.54 Å². The average molecular weight is 339 g/mol. The molecule has 7 heteroatoms. The summed E-state index contributed by atoms with van der Waals surface area (Å²) in [6, 6.07) is 6.39. The first kappa shape index (κ1) is 14.7. The third-order valence-corrected chi connectivity index (χ3v) is 3.43. The molecule has 0 bridgehead atoms. The summed E-state index contributed by atoms with van der Waals surface area (Å²) >= 11 is 3.48. The van der Waals surface area contributed by atoms with Crippen LogP contribution in [0.3, 0.4) is 0 Å². The van der Waals surface area contributed by atoms with Crippen molar-refractivity contribution in [1.29, 1.82) is 0 Å². The first-order valence-electron chi connectivity index (χ1n) is 6.10. The lowest BCUT2D eigenvalue weighted by molar-refractivity contribution is -0.384. The molecular weight excluding hydrogens is 324 g/mol. The van der Waals surface area contributed by atoms with E-state index in [9.17, 15) is 10.1 Å². The fraction of sp³-hybridized carbons (Fsp3) is 0.308. The second kappa shape index (κ2) is 6.15. The van der Waals surface area contributed by atoms with Gasteiger partial charge in [0, 0.05) is 30.4 Å². The molecule has 0 aliphatic rings. The molecule has 0 aliphatic carbocycles. The zero-order chi connectivity index (χ0) is 14.7. The van der Waals surface area contributed by atoms with E-state index < -0.39 is 4.92 Å². The van der Waals surface area contributed by atoms with Crippen LogP contribution in [-0.2, 0) is 6.54 Å². The zero-order valence-electron chi connectivity index (χ0n) is 11.3. The van der Waals surface area contributed by atoms with Gasteiger partial charge in [0.1, 0.15) is 5.69 Å². The van der Waals surface area contributed by atoms with Gasteiger partial charge in [-0.3, -0.25) is 14.8 Å². The maximum Gasteiger partial charge on any atom is 0.269 e. The maximum atomic E-state index is 10.6. The monoisotopic (exact) mass is 338 g/mol. The van der Waals surface area contributed by atoms with Crippen molar-refractivity contribution in [3.8, 4) is 11.3 Å². The first-order chi connectivity index (χ1) is 9.47. The van der Waals surface area contributed by atoms with Gasteiger partial charge in [-0.15, -0.1) is 0 Å². The Morgan fingerprint density at radius 3 is 2.55 bits per heavy atom. The second-order valence-corrected chi connectivity index (χ2v) is 5.55. The van der Waals surface area contributed by atoms with Gasteiger partial charge in [0.15, 0.2) is 0 Å². The number of nitro groups is 1. The number of non-ortho nitro benzene ring substituents is 1. The van der Waals surface area contributed by atoms with E-state index in [-0.39, 0.29) is 5.69 Å². The Kier molecular flexibility index (Phi) is 4.51. The van der Waals surface area contributed by atoms with Gasteiger partial charge in [0.25, 0.3) is 5.69 Å². The summed E-state index contributed by atoms with van der Waals surface area (Å²) in [7, 11) is 4.02. The van der Waals surface area contributed by atoms with Crippen LogP contribution in [0.2, 0.25) is 0 Å². The van der Waals surface area contributed by atoms with Gasteiger partial charge in [-0.05, 0) is 42.2 Å². The van der Waals surface area contributed by atoms with Crippen molar-refractivity contribution < 1.29 is 4.92 Å². The number of aromatic nitrogens is 2. The van der Waals surface area contributed by atoms with E-state index in [1.54, 1.807) is 12.1 Å². The summed E-state index contributed by atoms with van der Waals surface area (Å²) in [5.41, 5.74) is 1.72. The lowest BCUT2D eigenvalue weighted by atomic mass is 10.1. The lowest BCUT2D eigenvalue weighted by Crippen LogP contribution is -2.18. The number of nitrogens with zero attached hydrogens (tertiary/aromatic N) is 4. The fourth-order valence-corrected chi connectivity index (χ4v) is 2.30. The van der Waals surface area contributed by atoms with Crippen molar-refractivity contribution in [2.24, 2.45) is 0 Å². The van der Waals surface area contributed by atoms with E-state index >= 15 is 0 Å². The summed E-state index contributed by atoms with van der Waals surface area (Å²) in [4.78, 5) is 12.3. The minimum absolute atomic E-state index is 0.0805. The first-order valence-corrected chi connectivity index (χ1v) is 6.89. The Morgan fingerprint density at radius 1 is 1.35 bits per heavy atom. The minimum atomic E-state index is -0.408. The highest BCUT2D eigenvalue weighted by molar-refractivity contribution is 9.10. The smallest absolute Gasteiger partial charge is 0.269 e. The van der Waals surface area contributed by atoms with Gasteiger partial charge in [-0.25, -0.2) is 0 Å². The molecule has 20 heavy (non-hydrogen) atoms. The fourth-order valence-electron chi connectivity index (χ4n) is 1.75. The van der Waals surface area contributed by atoms with Gasteiger partial charge >= 0.3 is 0 Å². The molecule has 1 aromatic carbocycles. The van der Waals surface area contributed by atoms with Crippen LogP contribution in [0.15, 0.2) is 34.9 Å². The molecule has 6 nitrogen and oxygen atoms in total. The number of halogens is 1. The van der Waals surface area contributed by atoms with Crippen LogP contribution in [0.4, 0.5) is 5.69 Å². The van der Waals surface area contributed by atoms with Gasteiger partial charge < -0.3 is 4.90 Å². The van der Waals surface area contributed by atoms with Crippen molar-refractivity contribution in [3.05, 3.63) is 45.0 Å². The average Bonchev–Trinajstić information content (AvgIpc) is 2.78. The number of hydrogen-bond acceptors (Lipinski definition) is 4. The molecule has 0 radical (unpaired) electrons. The molecule has 0 N–H and O–H groups in total. The molecule has 0 saturated carbocycles. The van der Waals surface area contributed by atoms with Crippen molar-refractivity contribution in [1.82, 2.24) is 14.7 Å². The third kappa shape index (κ3) is 3.43. The molecule has 0 atom stereocenters. The molecule has 106 valence electrons. The minimum Gasteiger partial charge on any atom is -0.308 e. The van der Waals surface area contributed by atoms with E-state index in [2.05, 4.69) is 25.9 Å². The van der Waals surface area contributed by atoms with Crippen LogP contribution in [0, 0.1) is 10.1 Å².